The van der Waals surface area contributed by atoms with Gasteiger partial charge >= 0.3 is 0 Å². The van der Waals surface area contributed by atoms with Gasteiger partial charge in [-0.25, -0.2) is 12.7 Å². The van der Waals surface area contributed by atoms with Crippen molar-refractivity contribution in [1.82, 2.24) is 4.31 Å². The number of nitrogens with two attached hydrogens (primary N) is 1. The molecule has 0 aromatic heterocycles. The van der Waals surface area contributed by atoms with Crippen LogP contribution in [0.4, 0.5) is 5.69 Å². The zero-order valence-electron chi connectivity index (χ0n) is 11.3. The summed E-state index contributed by atoms with van der Waals surface area (Å²) in [4.78, 5) is 0.194. The molecule has 1 rings (SSSR count). The Hall–Kier alpha value is -1.11. The molecule has 1 aromatic carbocycles. The third-order valence-corrected chi connectivity index (χ3v) is 4.29. The molecule has 0 heterocycles. The van der Waals surface area contributed by atoms with Gasteiger partial charge in [0.15, 0.2) is 0 Å². The lowest BCUT2D eigenvalue weighted by molar-refractivity contribution is 0.311. The normalized spacial score (nSPS) is 12.8. The van der Waals surface area contributed by atoms with Gasteiger partial charge in [-0.1, -0.05) is 32.9 Å². The third-order valence-electron chi connectivity index (χ3n) is 2.43. The van der Waals surface area contributed by atoms with E-state index in [2.05, 4.69) is 5.43 Å². The zero-order valence-corrected chi connectivity index (χ0v) is 12.1. The highest BCUT2D eigenvalue weighted by molar-refractivity contribution is 7.89. The molecule has 0 saturated heterocycles. The topological polar surface area (TPSA) is 75.4 Å². The Labute approximate surface area is 109 Å². The number of anilines is 1. The van der Waals surface area contributed by atoms with Gasteiger partial charge < -0.3 is 5.43 Å². The largest absolute Gasteiger partial charge is 0.323 e. The molecule has 0 saturated carbocycles. The minimum absolute atomic E-state index is 0.104. The fourth-order valence-corrected chi connectivity index (χ4v) is 3.28. The number of hydrazine groups is 1. The van der Waals surface area contributed by atoms with Crippen molar-refractivity contribution in [3.8, 4) is 0 Å². The molecule has 0 atom stereocenters. The summed E-state index contributed by atoms with van der Waals surface area (Å²) in [6, 6.07) is 6.60. The smallest absolute Gasteiger partial charge is 0.244 e. The Balaban J connectivity index is 3.14. The van der Waals surface area contributed by atoms with Gasteiger partial charge in [0.2, 0.25) is 10.0 Å². The second kappa shape index (κ2) is 5.26. The number of nitrogens with zero attached hydrogens (tertiary/aromatic N) is 1. The molecular formula is C12H21N3O2S. The maximum Gasteiger partial charge on any atom is 0.244 e. The lowest BCUT2D eigenvalue weighted by Crippen LogP contribution is -2.35. The number of hydrogen-bond donors (Lipinski definition) is 2. The van der Waals surface area contributed by atoms with Crippen LogP contribution in [0.25, 0.3) is 0 Å². The summed E-state index contributed by atoms with van der Waals surface area (Å²) in [7, 11) is -1.95. The van der Waals surface area contributed by atoms with E-state index in [0.29, 0.717) is 12.2 Å². The minimum atomic E-state index is -3.52. The van der Waals surface area contributed by atoms with E-state index in [1.807, 2.05) is 20.8 Å². The molecule has 0 amide bonds. The van der Waals surface area contributed by atoms with Gasteiger partial charge in [0, 0.05) is 13.6 Å². The highest BCUT2D eigenvalue weighted by Gasteiger charge is 2.27. The average molecular weight is 271 g/mol. The van der Waals surface area contributed by atoms with Crippen molar-refractivity contribution in [2.24, 2.45) is 11.3 Å². The van der Waals surface area contributed by atoms with E-state index < -0.39 is 10.0 Å². The molecule has 3 N–H and O–H groups in total. The molecule has 0 radical (unpaired) electrons. The lowest BCUT2D eigenvalue weighted by atomic mass is 9.97. The van der Waals surface area contributed by atoms with Crippen LogP contribution in [-0.2, 0) is 10.0 Å². The van der Waals surface area contributed by atoms with E-state index in [9.17, 15) is 8.42 Å². The number of benzene rings is 1. The second-order valence-electron chi connectivity index (χ2n) is 5.46. The van der Waals surface area contributed by atoms with Crippen molar-refractivity contribution in [2.45, 2.75) is 25.7 Å². The molecule has 6 heteroatoms. The Kier molecular flexibility index (Phi) is 4.37. The van der Waals surface area contributed by atoms with Gasteiger partial charge in [0.05, 0.1) is 5.69 Å². The predicted molar refractivity (Wildman–Crippen MR) is 73.5 cm³/mol. The van der Waals surface area contributed by atoms with Crippen molar-refractivity contribution >= 4 is 15.7 Å². The number of sulfonamides is 1. The summed E-state index contributed by atoms with van der Waals surface area (Å²) in [5.74, 6) is 5.34. The van der Waals surface area contributed by atoms with E-state index in [-0.39, 0.29) is 10.3 Å². The summed E-state index contributed by atoms with van der Waals surface area (Å²) in [6.45, 7) is 6.42. The first-order chi connectivity index (χ1) is 8.18. The Morgan fingerprint density at radius 1 is 1.28 bits per heavy atom. The van der Waals surface area contributed by atoms with Gasteiger partial charge in [-0.3, -0.25) is 5.84 Å². The summed E-state index contributed by atoms with van der Waals surface area (Å²) >= 11 is 0. The number of nitrogens with one attached hydrogen (secondary N) is 1. The molecule has 5 nitrogen and oxygen atoms in total. The van der Waals surface area contributed by atoms with Crippen molar-refractivity contribution in [2.75, 3.05) is 19.0 Å². The Morgan fingerprint density at radius 3 is 2.33 bits per heavy atom. The molecule has 1 aromatic rings. The quantitative estimate of drug-likeness (QED) is 0.645. The molecule has 0 bridgehead atoms. The number of para-hydroxylation sites is 1. The van der Waals surface area contributed by atoms with Gasteiger partial charge in [0.25, 0.3) is 0 Å². The number of rotatable bonds is 4. The fraction of sp³-hybridized carbons (Fsp3) is 0.500. The van der Waals surface area contributed by atoms with Crippen molar-refractivity contribution in [3.63, 3.8) is 0 Å². The molecule has 0 fully saturated rings. The highest BCUT2D eigenvalue weighted by Crippen LogP contribution is 2.25. The van der Waals surface area contributed by atoms with Crippen molar-refractivity contribution in [1.29, 1.82) is 0 Å². The molecule has 0 aliphatic rings. The van der Waals surface area contributed by atoms with Crippen LogP contribution in [0.5, 0.6) is 0 Å². The van der Waals surface area contributed by atoms with E-state index in [0.717, 1.165) is 0 Å². The minimum Gasteiger partial charge on any atom is -0.323 e. The fourth-order valence-electron chi connectivity index (χ4n) is 1.73. The van der Waals surface area contributed by atoms with Gasteiger partial charge in [0.1, 0.15) is 4.90 Å². The van der Waals surface area contributed by atoms with Gasteiger partial charge in [-0.05, 0) is 17.5 Å². The van der Waals surface area contributed by atoms with E-state index in [1.165, 1.54) is 4.31 Å². The van der Waals surface area contributed by atoms with Crippen LogP contribution in [-0.4, -0.2) is 26.3 Å². The van der Waals surface area contributed by atoms with Gasteiger partial charge in [-0.15, -0.1) is 0 Å². The first-order valence-corrected chi connectivity index (χ1v) is 7.14. The third kappa shape index (κ3) is 3.44. The molecule has 18 heavy (non-hydrogen) atoms. The van der Waals surface area contributed by atoms with Crippen LogP contribution >= 0.6 is 0 Å². The lowest BCUT2D eigenvalue weighted by Gasteiger charge is -2.26. The average Bonchev–Trinajstić information content (AvgIpc) is 2.26. The van der Waals surface area contributed by atoms with E-state index in [1.54, 1.807) is 31.3 Å². The standard InChI is InChI=1S/C12H21N3O2S/c1-12(2,3)9-15(4)18(16,17)11-8-6-5-7-10(11)14-13/h5-8,14H,9,13H2,1-4H3. The Bertz CT molecular complexity index is 506. The van der Waals surface area contributed by atoms with Crippen LogP contribution in [0.3, 0.4) is 0 Å². The Morgan fingerprint density at radius 2 is 1.83 bits per heavy atom. The monoisotopic (exact) mass is 271 g/mol. The SMILES string of the molecule is CN(CC(C)(C)C)S(=O)(=O)c1ccccc1NN. The molecular weight excluding hydrogens is 250 g/mol. The number of hydrogen-bond acceptors (Lipinski definition) is 4. The van der Waals surface area contributed by atoms with Crippen molar-refractivity contribution < 1.29 is 8.42 Å². The van der Waals surface area contributed by atoms with E-state index >= 15 is 0 Å². The zero-order chi connectivity index (χ0) is 14.0. The summed E-state index contributed by atoms with van der Waals surface area (Å²) in [5, 5.41) is 0. The number of nitrogen functional groups attached to an aromatic ring is 1. The second-order valence-corrected chi connectivity index (χ2v) is 7.48. The van der Waals surface area contributed by atoms with Crippen LogP contribution in [0.1, 0.15) is 20.8 Å². The van der Waals surface area contributed by atoms with E-state index in [4.69, 9.17) is 5.84 Å². The van der Waals surface area contributed by atoms with Crippen LogP contribution in [0.2, 0.25) is 0 Å². The van der Waals surface area contributed by atoms with Crippen molar-refractivity contribution in [3.05, 3.63) is 24.3 Å². The first kappa shape index (κ1) is 14.9. The van der Waals surface area contributed by atoms with Crippen LogP contribution in [0, 0.1) is 5.41 Å². The van der Waals surface area contributed by atoms with Crippen LogP contribution in [0.15, 0.2) is 29.2 Å². The molecule has 0 unspecified atom stereocenters. The molecule has 0 aliphatic carbocycles. The highest BCUT2D eigenvalue weighted by atomic mass is 32.2. The molecule has 0 aliphatic heterocycles. The maximum atomic E-state index is 12.4. The molecule has 0 spiro atoms. The predicted octanol–water partition coefficient (Wildman–Crippen LogP) is 1.64. The molecule has 102 valence electrons. The van der Waals surface area contributed by atoms with Crippen LogP contribution < -0.4 is 11.3 Å². The van der Waals surface area contributed by atoms with Gasteiger partial charge in [-0.2, -0.15) is 0 Å². The maximum absolute atomic E-state index is 12.4. The summed E-state index contributed by atoms with van der Waals surface area (Å²) in [5.41, 5.74) is 2.71. The summed E-state index contributed by atoms with van der Waals surface area (Å²) in [6.07, 6.45) is 0. The first-order valence-electron chi connectivity index (χ1n) is 5.70. The summed E-state index contributed by atoms with van der Waals surface area (Å²) < 4.78 is 26.2.